The highest BCUT2D eigenvalue weighted by molar-refractivity contribution is 7.47. The maximum atomic E-state index is 14.9. The number of halogens is 1. The summed E-state index contributed by atoms with van der Waals surface area (Å²) < 4.78 is 41.4. The molecule has 1 saturated heterocycles. The predicted octanol–water partition coefficient (Wildman–Crippen LogP) is 1.92. The number of hydrogen-bond donors (Lipinski definition) is 2. The molecule has 0 radical (unpaired) electrons. The number of hydrogen-bond acceptors (Lipinski definition) is 10. The quantitative estimate of drug-likeness (QED) is 0.304. The molecule has 1 unspecified atom stereocenters. The molecule has 0 bridgehead atoms. The fourth-order valence-corrected chi connectivity index (χ4v) is 4.05. The van der Waals surface area contributed by atoms with Crippen LogP contribution >= 0.6 is 7.82 Å². The van der Waals surface area contributed by atoms with Gasteiger partial charge in [-0.15, -0.1) is 10.2 Å². The first-order valence-corrected chi connectivity index (χ1v) is 12.0. The minimum absolute atomic E-state index is 0.0182. The van der Waals surface area contributed by atoms with Crippen LogP contribution in [-0.4, -0.2) is 73.8 Å². The summed E-state index contributed by atoms with van der Waals surface area (Å²) in [6.07, 6.45) is 0.0403. The van der Waals surface area contributed by atoms with Gasteiger partial charge in [-0.3, -0.25) is 18.9 Å². The first-order chi connectivity index (χ1) is 16.8. The van der Waals surface area contributed by atoms with E-state index in [1.54, 1.807) is 25.2 Å². The van der Waals surface area contributed by atoms with Crippen LogP contribution in [-0.2, 0) is 25.4 Å². The van der Waals surface area contributed by atoms with Crippen molar-refractivity contribution in [2.75, 3.05) is 31.3 Å². The van der Waals surface area contributed by atoms with E-state index in [4.69, 9.17) is 14.4 Å². The Labute approximate surface area is 198 Å². The lowest BCUT2D eigenvalue weighted by molar-refractivity contribution is 0.0759. The molecule has 4 rings (SSSR count). The van der Waals surface area contributed by atoms with Gasteiger partial charge in [-0.2, -0.15) is 4.80 Å². The molecule has 1 aliphatic rings. The van der Waals surface area contributed by atoms with Crippen LogP contribution in [0.4, 0.5) is 14.9 Å². The Morgan fingerprint density at radius 1 is 1.29 bits per heavy atom. The largest absolute Gasteiger partial charge is 0.472 e. The normalized spacial score (nSPS) is 17.4. The van der Waals surface area contributed by atoms with Gasteiger partial charge in [0.2, 0.25) is 5.82 Å². The Hall–Kier alpha value is -3.29. The van der Waals surface area contributed by atoms with Crippen LogP contribution in [0.3, 0.4) is 0 Å². The number of phosphoric acid groups is 1. The minimum Gasteiger partial charge on any atom is -0.441 e. The van der Waals surface area contributed by atoms with Crippen molar-refractivity contribution in [3.63, 3.8) is 0 Å². The third kappa shape index (κ3) is 6.05. The van der Waals surface area contributed by atoms with Crippen molar-refractivity contribution >= 4 is 19.6 Å². The fourth-order valence-electron chi connectivity index (χ4n) is 3.26. The second kappa shape index (κ2) is 10.5. The number of aliphatic hydroxyl groups is 1. The number of cyclic esters (lactones) is 1. The number of carbonyl (C=O) groups excluding carboxylic acids is 1. The number of nitrogens with zero attached hydrogens (tertiary/aromatic N) is 6. The van der Waals surface area contributed by atoms with E-state index in [1.165, 1.54) is 28.0 Å². The molecular formula is C20H22FN6O7P. The molecule has 1 amide bonds. The number of ether oxygens (including phenoxy) is 1. The number of phosphoric ester groups is 1. The number of pyridine rings is 1. The molecule has 186 valence electrons. The van der Waals surface area contributed by atoms with E-state index in [0.717, 1.165) is 0 Å². The van der Waals surface area contributed by atoms with Gasteiger partial charge < -0.3 is 14.7 Å². The van der Waals surface area contributed by atoms with E-state index in [1.807, 2.05) is 0 Å². The number of aryl methyl sites for hydroxylation is 1. The van der Waals surface area contributed by atoms with Crippen LogP contribution in [0.2, 0.25) is 0 Å². The maximum Gasteiger partial charge on any atom is 0.472 e. The van der Waals surface area contributed by atoms with Gasteiger partial charge in [0.1, 0.15) is 17.6 Å². The monoisotopic (exact) mass is 508 g/mol. The zero-order valence-electron chi connectivity index (χ0n) is 18.5. The third-order valence-corrected chi connectivity index (χ3v) is 5.92. The SMILES string of the molecule is Cn1nnc(-c2ccc(-c3ccc(N4C[C@H](COP(=O)(O)OCCCO)OC4=O)cc3F)cn2)n1. The van der Waals surface area contributed by atoms with E-state index in [0.29, 0.717) is 17.1 Å². The van der Waals surface area contributed by atoms with Gasteiger partial charge in [-0.1, -0.05) is 6.07 Å². The van der Waals surface area contributed by atoms with Crippen LogP contribution in [0, 0.1) is 5.82 Å². The average Bonchev–Trinajstić information content (AvgIpc) is 3.43. The molecule has 3 heterocycles. The molecule has 0 aliphatic carbocycles. The topological polar surface area (TPSA) is 162 Å². The zero-order valence-corrected chi connectivity index (χ0v) is 19.4. The van der Waals surface area contributed by atoms with Crippen LogP contribution in [0.1, 0.15) is 6.42 Å². The summed E-state index contributed by atoms with van der Waals surface area (Å²) in [6, 6.07) is 7.57. The molecular weight excluding hydrogens is 486 g/mol. The van der Waals surface area contributed by atoms with E-state index in [2.05, 4.69) is 24.9 Å². The van der Waals surface area contributed by atoms with Crippen molar-refractivity contribution in [1.82, 2.24) is 25.2 Å². The van der Waals surface area contributed by atoms with E-state index >= 15 is 0 Å². The summed E-state index contributed by atoms with van der Waals surface area (Å²) in [5.74, 6) is -0.241. The number of amides is 1. The van der Waals surface area contributed by atoms with Crippen molar-refractivity contribution < 1.29 is 37.5 Å². The van der Waals surface area contributed by atoms with Crippen molar-refractivity contribution in [2.24, 2.45) is 7.05 Å². The van der Waals surface area contributed by atoms with E-state index < -0.39 is 32.4 Å². The number of carbonyl (C=O) groups is 1. The highest BCUT2D eigenvalue weighted by Gasteiger charge is 2.35. The lowest BCUT2D eigenvalue weighted by atomic mass is 10.1. The van der Waals surface area contributed by atoms with Crippen LogP contribution < -0.4 is 4.90 Å². The van der Waals surface area contributed by atoms with Gasteiger partial charge in [0.05, 0.1) is 32.5 Å². The molecule has 3 aromatic rings. The Balaban J connectivity index is 1.40. The van der Waals surface area contributed by atoms with Gasteiger partial charge in [0.15, 0.2) is 0 Å². The number of anilines is 1. The maximum absolute atomic E-state index is 14.9. The Morgan fingerprint density at radius 3 is 2.77 bits per heavy atom. The zero-order chi connectivity index (χ0) is 25.0. The van der Waals surface area contributed by atoms with Gasteiger partial charge in [0.25, 0.3) is 0 Å². The molecule has 2 N–H and O–H groups in total. The Morgan fingerprint density at radius 2 is 2.11 bits per heavy atom. The number of rotatable bonds is 10. The lowest BCUT2D eigenvalue weighted by Crippen LogP contribution is -2.26. The highest BCUT2D eigenvalue weighted by Crippen LogP contribution is 2.43. The number of aromatic nitrogens is 5. The van der Waals surface area contributed by atoms with Crippen molar-refractivity contribution in [3.8, 4) is 22.6 Å². The number of benzene rings is 1. The van der Waals surface area contributed by atoms with E-state index in [9.17, 15) is 18.6 Å². The third-order valence-electron chi connectivity index (χ3n) is 4.93. The second-order valence-electron chi connectivity index (χ2n) is 7.49. The fraction of sp³-hybridized carbons (Fsp3) is 0.350. The highest BCUT2D eigenvalue weighted by atomic mass is 31.2. The first kappa shape index (κ1) is 24.8. The van der Waals surface area contributed by atoms with Crippen LogP contribution in [0.5, 0.6) is 0 Å². The smallest absolute Gasteiger partial charge is 0.441 e. The summed E-state index contributed by atoms with van der Waals surface area (Å²) in [5, 5.41) is 20.4. The average molecular weight is 508 g/mol. The number of aliphatic hydroxyl groups excluding tert-OH is 1. The summed E-state index contributed by atoms with van der Waals surface area (Å²) in [5.41, 5.74) is 1.52. The lowest BCUT2D eigenvalue weighted by Gasteiger charge is -2.15. The second-order valence-corrected chi connectivity index (χ2v) is 8.94. The van der Waals surface area contributed by atoms with Crippen molar-refractivity contribution in [2.45, 2.75) is 12.5 Å². The standard InChI is InChI=1S/C20H22FN6O7P/c1-26-24-19(23-25-26)18-6-3-13(10-22-18)16-5-4-14(9-17(16)21)27-11-15(34-20(27)29)12-33-35(30,31)32-8-2-7-28/h3-6,9-10,15,28H,2,7-8,11-12H2,1H3,(H,30,31)/t15-/m1/s1. The number of tetrazole rings is 1. The molecule has 0 saturated carbocycles. The summed E-state index contributed by atoms with van der Waals surface area (Å²) >= 11 is 0. The van der Waals surface area contributed by atoms with Crippen molar-refractivity contribution in [1.29, 1.82) is 0 Å². The van der Waals surface area contributed by atoms with Crippen LogP contribution in [0.15, 0.2) is 36.5 Å². The summed E-state index contributed by atoms with van der Waals surface area (Å²) in [7, 11) is -2.72. The molecule has 1 aliphatic heterocycles. The van der Waals surface area contributed by atoms with Gasteiger partial charge in [-0.25, -0.2) is 13.8 Å². The Kier molecular flexibility index (Phi) is 7.48. The predicted molar refractivity (Wildman–Crippen MR) is 118 cm³/mol. The van der Waals surface area contributed by atoms with Gasteiger partial charge in [-0.05, 0) is 35.9 Å². The molecule has 2 atom stereocenters. The van der Waals surface area contributed by atoms with Gasteiger partial charge in [0, 0.05) is 23.9 Å². The van der Waals surface area contributed by atoms with Crippen molar-refractivity contribution in [3.05, 3.63) is 42.3 Å². The molecule has 13 nitrogen and oxygen atoms in total. The summed E-state index contributed by atoms with van der Waals surface area (Å²) in [6.45, 7) is -0.779. The van der Waals surface area contributed by atoms with Crippen LogP contribution in [0.25, 0.3) is 22.6 Å². The summed E-state index contributed by atoms with van der Waals surface area (Å²) in [4.78, 5) is 28.6. The molecule has 15 heteroatoms. The first-order valence-electron chi connectivity index (χ1n) is 10.5. The Bertz CT molecular complexity index is 1240. The minimum atomic E-state index is -4.36. The van der Waals surface area contributed by atoms with Gasteiger partial charge >= 0.3 is 13.9 Å². The molecule has 35 heavy (non-hydrogen) atoms. The molecule has 0 spiro atoms. The molecule has 2 aromatic heterocycles. The van der Waals surface area contributed by atoms with E-state index in [-0.39, 0.29) is 37.4 Å². The molecule has 1 aromatic carbocycles. The molecule has 1 fully saturated rings.